The van der Waals surface area contributed by atoms with Gasteiger partial charge in [-0.2, -0.15) is 0 Å². The van der Waals surface area contributed by atoms with E-state index in [9.17, 15) is 0 Å². The standard InChI is InChI=1S/C14H34N6/c15-5-9-19(10-6-16)13-3-1-2-4-14(13)20(11-7-17)12-8-18/h13-14H,1-12,15-18H2/t13-,14-/m1/s1. The molecule has 1 saturated carbocycles. The summed E-state index contributed by atoms with van der Waals surface area (Å²) in [5, 5.41) is 0. The monoisotopic (exact) mass is 286 g/mol. The normalized spacial score (nSPS) is 23.7. The van der Waals surface area contributed by atoms with Crippen LogP contribution in [0.1, 0.15) is 25.7 Å². The van der Waals surface area contributed by atoms with Crippen LogP contribution in [0.5, 0.6) is 0 Å². The Labute approximate surface area is 123 Å². The smallest absolute Gasteiger partial charge is 0.0252 e. The number of hydrogen-bond donors (Lipinski definition) is 4. The molecule has 0 bridgehead atoms. The molecule has 0 heterocycles. The van der Waals surface area contributed by atoms with Crippen molar-refractivity contribution >= 4 is 0 Å². The van der Waals surface area contributed by atoms with Crippen molar-refractivity contribution in [1.82, 2.24) is 9.80 Å². The van der Waals surface area contributed by atoms with Crippen molar-refractivity contribution in [2.45, 2.75) is 37.8 Å². The first-order valence-electron chi connectivity index (χ1n) is 8.06. The number of rotatable bonds is 10. The SMILES string of the molecule is NCCN(CCN)[C@@H]1CCCC[C@H]1N(CCN)CCN. The summed E-state index contributed by atoms with van der Waals surface area (Å²) in [6, 6.07) is 1.10. The molecule has 0 amide bonds. The third-order valence-corrected chi connectivity index (χ3v) is 4.30. The Morgan fingerprint density at radius 3 is 1.15 bits per heavy atom. The van der Waals surface area contributed by atoms with E-state index in [1.165, 1.54) is 25.7 Å². The first-order chi connectivity index (χ1) is 9.78. The topological polar surface area (TPSA) is 111 Å². The highest BCUT2D eigenvalue weighted by Crippen LogP contribution is 2.26. The molecule has 0 aromatic heterocycles. The molecule has 120 valence electrons. The first kappa shape index (κ1) is 17.8. The van der Waals surface area contributed by atoms with Gasteiger partial charge in [0.2, 0.25) is 0 Å². The van der Waals surface area contributed by atoms with Crippen LogP contribution in [-0.2, 0) is 0 Å². The third kappa shape index (κ3) is 5.27. The summed E-state index contributed by atoms with van der Waals surface area (Å²) in [6.45, 7) is 6.48. The van der Waals surface area contributed by atoms with Crippen molar-refractivity contribution in [3.05, 3.63) is 0 Å². The van der Waals surface area contributed by atoms with E-state index in [2.05, 4.69) is 9.80 Å². The van der Waals surface area contributed by atoms with Crippen molar-refractivity contribution in [1.29, 1.82) is 0 Å². The maximum atomic E-state index is 5.77. The van der Waals surface area contributed by atoms with Crippen molar-refractivity contribution < 1.29 is 0 Å². The van der Waals surface area contributed by atoms with Crippen LogP contribution in [0.15, 0.2) is 0 Å². The predicted octanol–water partition coefficient (Wildman–Crippen LogP) is -1.26. The van der Waals surface area contributed by atoms with Crippen LogP contribution in [0.3, 0.4) is 0 Å². The number of hydrogen-bond acceptors (Lipinski definition) is 6. The number of nitrogens with zero attached hydrogens (tertiary/aromatic N) is 2. The van der Waals surface area contributed by atoms with Gasteiger partial charge in [-0.15, -0.1) is 0 Å². The summed E-state index contributed by atoms with van der Waals surface area (Å²) < 4.78 is 0. The quantitative estimate of drug-likeness (QED) is 0.399. The van der Waals surface area contributed by atoms with Crippen LogP contribution < -0.4 is 22.9 Å². The van der Waals surface area contributed by atoms with E-state index in [-0.39, 0.29) is 0 Å². The first-order valence-corrected chi connectivity index (χ1v) is 8.06. The van der Waals surface area contributed by atoms with E-state index in [1.807, 2.05) is 0 Å². The highest BCUT2D eigenvalue weighted by atomic mass is 15.3. The molecule has 8 N–H and O–H groups in total. The fourth-order valence-electron chi connectivity index (χ4n) is 3.49. The van der Waals surface area contributed by atoms with Gasteiger partial charge < -0.3 is 22.9 Å². The molecular formula is C14H34N6. The van der Waals surface area contributed by atoms with Crippen molar-refractivity contribution in [2.24, 2.45) is 22.9 Å². The van der Waals surface area contributed by atoms with Crippen LogP contribution >= 0.6 is 0 Å². The third-order valence-electron chi connectivity index (χ3n) is 4.30. The lowest BCUT2D eigenvalue weighted by molar-refractivity contribution is 0.0536. The van der Waals surface area contributed by atoms with Crippen molar-refractivity contribution in [3.8, 4) is 0 Å². The molecule has 20 heavy (non-hydrogen) atoms. The lowest BCUT2D eigenvalue weighted by atomic mass is 9.87. The molecule has 0 aliphatic heterocycles. The van der Waals surface area contributed by atoms with Gasteiger partial charge in [-0.05, 0) is 12.8 Å². The van der Waals surface area contributed by atoms with Crippen LogP contribution in [0.4, 0.5) is 0 Å². The van der Waals surface area contributed by atoms with Gasteiger partial charge in [-0.3, -0.25) is 9.80 Å². The molecule has 1 rings (SSSR count). The van der Waals surface area contributed by atoms with Gasteiger partial charge in [0.25, 0.3) is 0 Å². The summed E-state index contributed by atoms with van der Waals surface area (Å²) in [6.07, 6.45) is 5.06. The van der Waals surface area contributed by atoms with Gasteiger partial charge in [0, 0.05) is 64.4 Å². The zero-order chi connectivity index (χ0) is 14.8. The summed E-state index contributed by atoms with van der Waals surface area (Å²) in [5.74, 6) is 0. The second-order valence-electron chi connectivity index (χ2n) is 5.65. The average Bonchev–Trinajstić information content (AvgIpc) is 2.47. The Morgan fingerprint density at radius 2 is 0.900 bits per heavy atom. The van der Waals surface area contributed by atoms with E-state index < -0.39 is 0 Å². The molecular weight excluding hydrogens is 252 g/mol. The minimum Gasteiger partial charge on any atom is -0.329 e. The van der Waals surface area contributed by atoms with Crippen molar-refractivity contribution in [2.75, 3.05) is 52.4 Å². The molecule has 1 aliphatic carbocycles. The molecule has 0 aromatic rings. The fraction of sp³-hybridized carbons (Fsp3) is 1.00. The Morgan fingerprint density at radius 1 is 0.600 bits per heavy atom. The zero-order valence-corrected chi connectivity index (χ0v) is 12.8. The highest BCUT2D eigenvalue weighted by Gasteiger charge is 2.32. The summed E-state index contributed by atoms with van der Waals surface area (Å²) in [5.41, 5.74) is 23.1. The lowest BCUT2D eigenvalue weighted by Crippen LogP contribution is -2.56. The van der Waals surface area contributed by atoms with Crippen LogP contribution in [-0.4, -0.2) is 74.2 Å². The molecule has 6 heteroatoms. The van der Waals surface area contributed by atoms with Crippen molar-refractivity contribution in [3.63, 3.8) is 0 Å². The Kier molecular flexibility index (Phi) is 9.33. The lowest BCUT2D eigenvalue weighted by Gasteiger charge is -2.45. The Hall–Kier alpha value is -0.240. The Bertz CT molecular complexity index is 202. The Balaban J connectivity index is 2.75. The van der Waals surface area contributed by atoms with E-state index in [0.29, 0.717) is 38.3 Å². The molecule has 2 atom stereocenters. The summed E-state index contributed by atoms with van der Waals surface area (Å²) in [4.78, 5) is 4.95. The summed E-state index contributed by atoms with van der Waals surface area (Å²) in [7, 11) is 0. The fourth-order valence-corrected chi connectivity index (χ4v) is 3.49. The largest absolute Gasteiger partial charge is 0.329 e. The summed E-state index contributed by atoms with van der Waals surface area (Å²) >= 11 is 0. The van der Waals surface area contributed by atoms with Gasteiger partial charge >= 0.3 is 0 Å². The molecule has 0 saturated heterocycles. The van der Waals surface area contributed by atoms with Gasteiger partial charge in [-0.25, -0.2) is 0 Å². The van der Waals surface area contributed by atoms with Gasteiger partial charge in [-0.1, -0.05) is 12.8 Å². The maximum Gasteiger partial charge on any atom is 0.0252 e. The second kappa shape index (κ2) is 10.5. The molecule has 0 aromatic carbocycles. The maximum absolute atomic E-state index is 5.77. The minimum atomic E-state index is 0.550. The van der Waals surface area contributed by atoms with E-state index in [0.717, 1.165) is 26.2 Å². The average molecular weight is 286 g/mol. The van der Waals surface area contributed by atoms with Crippen LogP contribution in [0.25, 0.3) is 0 Å². The molecule has 1 fully saturated rings. The minimum absolute atomic E-state index is 0.550. The predicted molar refractivity (Wildman–Crippen MR) is 85.4 cm³/mol. The molecule has 0 radical (unpaired) electrons. The molecule has 0 unspecified atom stereocenters. The molecule has 6 nitrogen and oxygen atoms in total. The van der Waals surface area contributed by atoms with Crippen LogP contribution in [0, 0.1) is 0 Å². The van der Waals surface area contributed by atoms with E-state index >= 15 is 0 Å². The van der Waals surface area contributed by atoms with E-state index in [1.54, 1.807) is 0 Å². The van der Waals surface area contributed by atoms with Crippen LogP contribution in [0.2, 0.25) is 0 Å². The zero-order valence-electron chi connectivity index (χ0n) is 12.8. The molecule has 0 spiro atoms. The second-order valence-corrected chi connectivity index (χ2v) is 5.65. The van der Waals surface area contributed by atoms with Gasteiger partial charge in [0.15, 0.2) is 0 Å². The van der Waals surface area contributed by atoms with Gasteiger partial charge in [0.05, 0.1) is 0 Å². The molecule has 1 aliphatic rings. The number of nitrogens with two attached hydrogens (primary N) is 4. The highest BCUT2D eigenvalue weighted by molar-refractivity contribution is 4.90. The van der Waals surface area contributed by atoms with Gasteiger partial charge in [0.1, 0.15) is 0 Å². The van der Waals surface area contributed by atoms with E-state index in [4.69, 9.17) is 22.9 Å².